The molecule has 0 bridgehead atoms. The monoisotopic (exact) mass is 273 g/mol. The standard InChI is InChI=1S/C16H16ClNO/c1-10-5-4-6-14(12(10)3)16(19)18-15-8-7-13(17)9-11(15)2/h4-9H,1-3H3,(H,18,19). The van der Waals surface area contributed by atoms with E-state index in [-0.39, 0.29) is 5.91 Å². The fraction of sp³-hybridized carbons (Fsp3) is 0.188. The van der Waals surface area contributed by atoms with Crippen molar-refractivity contribution in [3.05, 3.63) is 63.7 Å². The van der Waals surface area contributed by atoms with Crippen LogP contribution in [0.3, 0.4) is 0 Å². The average Bonchev–Trinajstić information content (AvgIpc) is 2.36. The van der Waals surface area contributed by atoms with Gasteiger partial charge < -0.3 is 5.32 Å². The maximum atomic E-state index is 12.3. The van der Waals surface area contributed by atoms with E-state index in [9.17, 15) is 4.79 Å². The summed E-state index contributed by atoms with van der Waals surface area (Å²) in [6.07, 6.45) is 0. The van der Waals surface area contributed by atoms with Crippen LogP contribution in [0, 0.1) is 20.8 Å². The Morgan fingerprint density at radius 2 is 1.79 bits per heavy atom. The molecule has 2 nitrogen and oxygen atoms in total. The van der Waals surface area contributed by atoms with E-state index in [4.69, 9.17) is 11.6 Å². The summed E-state index contributed by atoms with van der Waals surface area (Å²) in [5, 5.41) is 3.59. The minimum Gasteiger partial charge on any atom is -0.322 e. The molecule has 1 N–H and O–H groups in total. The van der Waals surface area contributed by atoms with Gasteiger partial charge in [0.1, 0.15) is 0 Å². The first-order chi connectivity index (χ1) is 8.99. The predicted octanol–water partition coefficient (Wildman–Crippen LogP) is 4.52. The van der Waals surface area contributed by atoms with Gasteiger partial charge in [0.25, 0.3) is 5.91 Å². The van der Waals surface area contributed by atoms with Crippen molar-refractivity contribution in [3.8, 4) is 0 Å². The van der Waals surface area contributed by atoms with E-state index < -0.39 is 0 Å². The maximum absolute atomic E-state index is 12.3. The number of halogens is 1. The quantitative estimate of drug-likeness (QED) is 0.856. The van der Waals surface area contributed by atoms with Crippen LogP contribution < -0.4 is 5.32 Å². The lowest BCUT2D eigenvalue weighted by atomic mass is 10.0. The Balaban J connectivity index is 2.28. The highest BCUT2D eigenvalue weighted by molar-refractivity contribution is 6.30. The van der Waals surface area contributed by atoms with Gasteiger partial charge in [-0.05, 0) is 61.7 Å². The molecule has 0 spiro atoms. The molecule has 0 fully saturated rings. The molecule has 3 heteroatoms. The van der Waals surface area contributed by atoms with Gasteiger partial charge in [0.2, 0.25) is 0 Å². The first-order valence-corrected chi connectivity index (χ1v) is 6.50. The van der Waals surface area contributed by atoms with Gasteiger partial charge >= 0.3 is 0 Å². The number of nitrogens with one attached hydrogen (secondary N) is 1. The van der Waals surface area contributed by atoms with Crippen LogP contribution in [0.5, 0.6) is 0 Å². The van der Waals surface area contributed by atoms with E-state index in [0.29, 0.717) is 10.6 Å². The zero-order chi connectivity index (χ0) is 14.0. The van der Waals surface area contributed by atoms with Crippen molar-refractivity contribution < 1.29 is 4.79 Å². The number of carbonyl (C=O) groups excluding carboxylic acids is 1. The van der Waals surface area contributed by atoms with Crippen LogP contribution in [0.1, 0.15) is 27.0 Å². The summed E-state index contributed by atoms with van der Waals surface area (Å²) in [4.78, 5) is 12.3. The lowest BCUT2D eigenvalue weighted by Gasteiger charge is -2.11. The molecule has 19 heavy (non-hydrogen) atoms. The topological polar surface area (TPSA) is 29.1 Å². The van der Waals surface area contributed by atoms with Crippen LogP contribution in [-0.2, 0) is 0 Å². The Bertz CT molecular complexity index is 635. The molecule has 0 aliphatic heterocycles. The minimum atomic E-state index is -0.0911. The first kappa shape index (κ1) is 13.6. The van der Waals surface area contributed by atoms with Crippen LogP contribution in [-0.4, -0.2) is 5.91 Å². The molecule has 2 aromatic rings. The van der Waals surface area contributed by atoms with E-state index in [2.05, 4.69) is 5.32 Å². The lowest BCUT2D eigenvalue weighted by Crippen LogP contribution is -2.14. The molecule has 2 aromatic carbocycles. The number of amides is 1. The third kappa shape index (κ3) is 2.96. The largest absolute Gasteiger partial charge is 0.322 e. The molecule has 0 saturated carbocycles. The van der Waals surface area contributed by atoms with Crippen LogP contribution >= 0.6 is 11.6 Å². The highest BCUT2D eigenvalue weighted by atomic mass is 35.5. The van der Waals surface area contributed by atoms with Crippen molar-refractivity contribution in [2.45, 2.75) is 20.8 Å². The van der Waals surface area contributed by atoms with Gasteiger partial charge in [0, 0.05) is 16.3 Å². The molecule has 2 rings (SSSR count). The Kier molecular flexibility index (Phi) is 3.91. The zero-order valence-corrected chi connectivity index (χ0v) is 12.0. The second-order valence-electron chi connectivity index (χ2n) is 4.66. The summed E-state index contributed by atoms with van der Waals surface area (Å²) < 4.78 is 0. The third-order valence-electron chi connectivity index (χ3n) is 3.29. The van der Waals surface area contributed by atoms with Crippen molar-refractivity contribution in [1.82, 2.24) is 0 Å². The second kappa shape index (κ2) is 5.45. The van der Waals surface area contributed by atoms with E-state index in [1.54, 1.807) is 6.07 Å². The number of benzene rings is 2. The highest BCUT2D eigenvalue weighted by Gasteiger charge is 2.11. The van der Waals surface area contributed by atoms with Crippen molar-refractivity contribution in [3.63, 3.8) is 0 Å². The van der Waals surface area contributed by atoms with E-state index in [0.717, 1.165) is 22.4 Å². The molecule has 0 aliphatic rings. The van der Waals surface area contributed by atoms with Gasteiger partial charge in [-0.3, -0.25) is 4.79 Å². The van der Waals surface area contributed by atoms with Crippen LogP contribution in [0.2, 0.25) is 5.02 Å². The van der Waals surface area contributed by atoms with E-state index in [1.807, 2.05) is 51.1 Å². The number of hydrogen-bond acceptors (Lipinski definition) is 1. The number of rotatable bonds is 2. The Morgan fingerprint density at radius 1 is 1.05 bits per heavy atom. The normalized spacial score (nSPS) is 10.3. The number of anilines is 1. The summed E-state index contributed by atoms with van der Waals surface area (Å²) in [6.45, 7) is 5.88. The van der Waals surface area contributed by atoms with Crippen molar-refractivity contribution in [2.75, 3.05) is 5.32 Å². The Hall–Kier alpha value is -1.80. The Morgan fingerprint density at radius 3 is 2.47 bits per heavy atom. The van der Waals surface area contributed by atoms with E-state index in [1.165, 1.54) is 0 Å². The Labute approximate surface area is 118 Å². The molecule has 0 heterocycles. The fourth-order valence-corrected chi connectivity index (χ4v) is 2.18. The smallest absolute Gasteiger partial charge is 0.255 e. The number of carbonyl (C=O) groups is 1. The summed E-state index contributed by atoms with van der Waals surface area (Å²) in [5.74, 6) is -0.0911. The van der Waals surface area contributed by atoms with Crippen molar-refractivity contribution in [1.29, 1.82) is 0 Å². The average molecular weight is 274 g/mol. The summed E-state index contributed by atoms with van der Waals surface area (Å²) in [5.41, 5.74) is 4.56. The zero-order valence-electron chi connectivity index (χ0n) is 11.3. The molecule has 0 aromatic heterocycles. The van der Waals surface area contributed by atoms with Crippen LogP contribution in [0.25, 0.3) is 0 Å². The molecule has 0 saturated heterocycles. The molecule has 0 aliphatic carbocycles. The van der Waals surface area contributed by atoms with Gasteiger partial charge in [-0.15, -0.1) is 0 Å². The number of hydrogen-bond donors (Lipinski definition) is 1. The fourth-order valence-electron chi connectivity index (χ4n) is 1.95. The summed E-state index contributed by atoms with van der Waals surface area (Å²) >= 11 is 5.90. The SMILES string of the molecule is Cc1cc(Cl)ccc1NC(=O)c1cccc(C)c1C. The van der Waals surface area contributed by atoms with Gasteiger partial charge in [-0.1, -0.05) is 23.7 Å². The molecule has 0 radical (unpaired) electrons. The molecule has 98 valence electrons. The summed E-state index contributed by atoms with van der Waals surface area (Å²) in [7, 11) is 0. The van der Waals surface area contributed by atoms with Crippen molar-refractivity contribution in [2.24, 2.45) is 0 Å². The van der Waals surface area contributed by atoms with Gasteiger partial charge in [0.05, 0.1) is 0 Å². The van der Waals surface area contributed by atoms with Gasteiger partial charge in [0.15, 0.2) is 0 Å². The van der Waals surface area contributed by atoms with Crippen LogP contribution in [0.15, 0.2) is 36.4 Å². The van der Waals surface area contributed by atoms with Crippen LogP contribution in [0.4, 0.5) is 5.69 Å². The number of aryl methyl sites for hydroxylation is 2. The molecule has 0 unspecified atom stereocenters. The van der Waals surface area contributed by atoms with E-state index >= 15 is 0 Å². The van der Waals surface area contributed by atoms with Gasteiger partial charge in [-0.2, -0.15) is 0 Å². The van der Waals surface area contributed by atoms with Crippen molar-refractivity contribution >= 4 is 23.2 Å². The predicted molar refractivity (Wildman–Crippen MR) is 80.1 cm³/mol. The second-order valence-corrected chi connectivity index (χ2v) is 5.10. The minimum absolute atomic E-state index is 0.0911. The van der Waals surface area contributed by atoms with Gasteiger partial charge in [-0.25, -0.2) is 0 Å². The lowest BCUT2D eigenvalue weighted by molar-refractivity contribution is 0.102. The molecular weight excluding hydrogens is 258 g/mol. The first-order valence-electron chi connectivity index (χ1n) is 6.13. The summed E-state index contributed by atoms with van der Waals surface area (Å²) in [6, 6.07) is 11.2. The highest BCUT2D eigenvalue weighted by Crippen LogP contribution is 2.21. The third-order valence-corrected chi connectivity index (χ3v) is 3.52. The molecular formula is C16H16ClNO. The molecule has 0 atom stereocenters. The molecule has 1 amide bonds. The maximum Gasteiger partial charge on any atom is 0.255 e.